The molecule has 1 atom stereocenters. The van der Waals surface area contributed by atoms with Crippen molar-refractivity contribution >= 4 is 11.6 Å². The predicted molar refractivity (Wildman–Crippen MR) is 73.4 cm³/mol. The third kappa shape index (κ3) is 2.67. The summed E-state index contributed by atoms with van der Waals surface area (Å²) < 4.78 is 41.5. The molecule has 0 aromatic heterocycles. The first-order valence-electron chi connectivity index (χ1n) is 6.02. The number of rotatable bonds is 3. The van der Waals surface area contributed by atoms with Crippen molar-refractivity contribution in [1.82, 2.24) is 5.32 Å². The first-order chi connectivity index (χ1) is 9.45. The molecule has 0 aliphatic carbocycles. The molecule has 0 saturated heterocycles. The minimum absolute atomic E-state index is 0.167. The molecule has 0 bridgehead atoms. The second-order valence-electron chi connectivity index (χ2n) is 4.48. The monoisotopic (exact) mass is 299 g/mol. The van der Waals surface area contributed by atoms with Gasteiger partial charge in [-0.05, 0) is 49.4 Å². The predicted octanol–water partition coefficient (Wildman–Crippen LogP) is 4.37. The molecule has 1 nitrogen and oxygen atoms in total. The first-order valence-corrected chi connectivity index (χ1v) is 6.40. The Morgan fingerprint density at radius 1 is 1.10 bits per heavy atom. The van der Waals surface area contributed by atoms with Crippen molar-refractivity contribution < 1.29 is 13.2 Å². The van der Waals surface area contributed by atoms with Crippen LogP contribution < -0.4 is 5.32 Å². The van der Waals surface area contributed by atoms with E-state index in [4.69, 9.17) is 11.6 Å². The Bertz CT molecular complexity index is 643. The van der Waals surface area contributed by atoms with Gasteiger partial charge in [-0.25, -0.2) is 13.2 Å². The molecule has 2 rings (SSSR count). The average Bonchev–Trinajstić information content (AvgIpc) is 2.42. The molecule has 2 aromatic carbocycles. The highest BCUT2D eigenvalue weighted by Crippen LogP contribution is 2.32. The highest BCUT2D eigenvalue weighted by Gasteiger charge is 2.24. The highest BCUT2D eigenvalue weighted by molar-refractivity contribution is 6.31. The number of aryl methyl sites for hydroxylation is 1. The fourth-order valence-corrected chi connectivity index (χ4v) is 2.36. The second kappa shape index (κ2) is 5.85. The highest BCUT2D eigenvalue weighted by atomic mass is 35.5. The molecular formula is C15H13ClF3N. The Morgan fingerprint density at radius 3 is 2.45 bits per heavy atom. The summed E-state index contributed by atoms with van der Waals surface area (Å²) in [6, 6.07) is 5.41. The Balaban J connectivity index is 2.64. The number of benzene rings is 2. The molecule has 0 fully saturated rings. The van der Waals surface area contributed by atoms with Gasteiger partial charge in [0.25, 0.3) is 0 Å². The van der Waals surface area contributed by atoms with Crippen molar-refractivity contribution in [3.8, 4) is 0 Å². The van der Waals surface area contributed by atoms with E-state index in [0.717, 1.165) is 0 Å². The second-order valence-corrected chi connectivity index (χ2v) is 4.89. The van der Waals surface area contributed by atoms with E-state index in [0.29, 0.717) is 5.56 Å². The Morgan fingerprint density at radius 2 is 1.80 bits per heavy atom. The van der Waals surface area contributed by atoms with Crippen LogP contribution in [0.15, 0.2) is 30.3 Å². The van der Waals surface area contributed by atoms with Crippen LogP contribution in [-0.4, -0.2) is 7.05 Å². The van der Waals surface area contributed by atoms with Crippen LogP contribution in [-0.2, 0) is 0 Å². The van der Waals surface area contributed by atoms with E-state index >= 15 is 0 Å². The third-order valence-corrected chi connectivity index (χ3v) is 3.51. The standard InChI is InChI=1S/C15H13ClF3N/c1-8-3-6-12(18)13(14(8)19)15(20-2)10-7-9(17)4-5-11(10)16/h3-7,15,20H,1-2H3. The van der Waals surface area contributed by atoms with Crippen molar-refractivity contribution in [2.24, 2.45) is 0 Å². The summed E-state index contributed by atoms with van der Waals surface area (Å²) in [5.41, 5.74) is 0.437. The lowest BCUT2D eigenvalue weighted by Crippen LogP contribution is -2.21. The summed E-state index contributed by atoms with van der Waals surface area (Å²) in [7, 11) is 1.53. The normalized spacial score (nSPS) is 12.5. The maximum absolute atomic E-state index is 14.2. The van der Waals surface area contributed by atoms with Crippen molar-refractivity contribution in [3.05, 3.63) is 69.5 Å². The fraction of sp³-hybridized carbons (Fsp3) is 0.200. The van der Waals surface area contributed by atoms with Crippen LogP contribution in [0, 0.1) is 24.4 Å². The number of hydrogen-bond acceptors (Lipinski definition) is 1. The molecule has 5 heteroatoms. The van der Waals surface area contributed by atoms with E-state index in [1.54, 1.807) is 0 Å². The zero-order valence-electron chi connectivity index (χ0n) is 11.0. The summed E-state index contributed by atoms with van der Waals surface area (Å²) in [6.45, 7) is 1.54. The lowest BCUT2D eigenvalue weighted by molar-refractivity contribution is 0.516. The van der Waals surface area contributed by atoms with Gasteiger partial charge >= 0.3 is 0 Å². The molecule has 0 spiro atoms. The lowest BCUT2D eigenvalue weighted by Gasteiger charge is -2.20. The molecule has 0 saturated carbocycles. The van der Waals surface area contributed by atoms with Crippen LogP contribution in [0.3, 0.4) is 0 Å². The van der Waals surface area contributed by atoms with Gasteiger partial charge in [-0.15, -0.1) is 0 Å². The average molecular weight is 300 g/mol. The molecule has 0 radical (unpaired) electrons. The van der Waals surface area contributed by atoms with Gasteiger partial charge in [-0.3, -0.25) is 0 Å². The van der Waals surface area contributed by atoms with Crippen LogP contribution in [0.25, 0.3) is 0 Å². The Hall–Kier alpha value is -1.52. The van der Waals surface area contributed by atoms with Gasteiger partial charge in [-0.2, -0.15) is 0 Å². The van der Waals surface area contributed by atoms with E-state index in [1.165, 1.54) is 44.3 Å². The maximum atomic E-state index is 14.2. The van der Waals surface area contributed by atoms with E-state index < -0.39 is 23.5 Å². The molecule has 0 aliphatic rings. The zero-order chi connectivity index (χ0) is 14.9. The van der Waals surface area contributed by atoms with Gasteiger partial charge in [0.2, 0.25) is 0 Å². The molecule has 0 aliphatic heterocycles. The quantitative estimate of drug-likeness (QED) is 0.887. The van der Waals surface area contributed by atoms with Crippen molar-refractivity contribution in [1.29, 1.82) is 0 Å². The maximum Gasteiger partial charge on any atom is 0.134 e. The van der Waals surface area contributed by atoms with Gasteiger partial charge < -0.3 is 5.32 Å². The molecule has 2 aromatic rings. The number of hydrogen-bond donors (Lipinski definition) is 1. The van der Waals surface area contributed by atoms with Gasteiger partial charge in [0.05, 0.1) is 6.04 Å². The summed E-state index contributed by atoms with van der Waals surface area (Å²) in [4.78, 5) is 0. The molecule has 0 amide bonds. The summed E-state index contributed by atoms with van der Waals surface area (Å²) >= 11 is 6.01. The zero-order valence-corrected chi connectivity index (χ0v) is 11.7. The topological polar surface area (TPSA) is 12.0 Å². The van der Waals surface area contributed by atoms with E-state index in [2.05, 4.69) is 5.32 Å². The minimum Gasteiger partial charge on any atom is -0.309 e. The molecule has 106 valence electrons. The largest absolute Gasteiger partial charge is 0.309 e. The van der Waals surface area contributed by atoms with Crippen molar-refractivity contribution in [2.45, 2.75) is 13.0 Å². The van der Waals surface area contributed by atoms with Crippen molar-refractivity contribution in [3.63, 3.8) is 0 Å². The van der Waals surface area contributed by atoms with Gasteiger partial charge in [0.15, 0.2) is 0 Å². The van der Waals surface area contributed by atoms with Gasteiger partial charge in [0, 0.05) is 10.6 Å². The van der Waals surface area contributed by atoms with E-state index in [1.807, 2.05) is 0 Å². The van der Waals surface area contributed by atoms with Gasteiger partial charge in [-0.1, -0.05) is 17.7 Å². The summed E-state index contributed by atoms with van der Waals surface area (Å²) in [6.07, 6.45) is 0. The smallest absolute Gasteiger partial charge is 0.134 e. The minimum atomic E-state index is -0.863. The first kappa shape index (κ1) is 14.9. The van der Waals surface area contributed by atoms with Crippen LogP contribution in [0.5, 0.6) is 0 Å². The summed E-state index contributed by atoms with van der Waals surface area (Å²) in [5, 5.41) is 3.02. The van der Waals surface area contributed by atoms with Crippen LogP contribution in [0.2, 0.25) is 5.02 Å². The molecule has 0 heterocycles. The SMILES string of the molecule is CNC(c1cc(F)ccc1Cl)c1c(F)ccc(C)c1F. The van der Waals surface area contributed by atoms with Crippen LogP contribution in [0.1, 0.15) is 22.7 Å². The Labute approximate surface area is 120 Å². The van der Waals surface area contributed by atoms with Crippen molar-refractivity contribution in [2.75, 3.05) is 7.05 Å². The van der Waals surface area contributed by atoms with Gasteiger partial charge in [0.1, 0.15) is 17.5 Å². The van der Waals surface area contributed by atoms with Crippen LogP contribution in [0.4, 0.5) is 13.2 Å². The van der Waals surface area contributed by atoms with E-state index in [-0.39, 0.29) is 16.1 Å². The molecule has 1 N–H and O–H groups in total. The molecular weight excluding hydrogens is 287 g/mol. The summed E-state index contributed by atoms with van der Waals surface area (Å²) in [5.74, 6) is -1.88. The molecule has 1 unspecified atom stereocenters. The fourth-order valence-electron chi connectivity index (χ4n) is 2.13. The van der Waals surface area contributed by atoms with E-state index in [9.17, 15) is 13.2 Å². The third-order valence-electron chi connectivity index (χ3n) is 3.17. The molecule has 20 heavy (non-hydrogen) atoms. The van der Waals surface area contributed by atoms with Crippen LogP contribution >= 0.6 is 11.6 Å². The Kier molecular flexibility index (Phi) is 4.35. The number of nitrogens with one attached hydrogen (secondary N) is 1. The number of halogens is 4. The lowest BCUT2D eigenvalue weighted by atomic mass is 9.96.